The van der Waals surface area contributed by atoms with Crippen molar-refractivity contribution in [1.29, 1.82) is 0 Å². The normalized spacial score (nSPS) is 20.3. The molecule has 0 unspecified atom stereocenters. The number of sulfonamides is 1. The van der Waals surface area contributed by atoms with E-state index in [2.05, 4.69) is 25.6 Å². The van der Waals surface area contributed by atoms with Crippen LogP contribution in [0.4, 0.5) is 46.5 Å². The number of ether oxygens (including phenoxy) is 1. The Bertz CT molecular complexity index is 3030. The van der Waals surface area contributed by atoms with Gasteiger partial charge in [0.25, 0.3) is 5.92 Å². The topological polar surface area (TPSA) is 178 Å². The second-order valence-electron chi connectivity index (χ2n) is 16.6. The number of pyridine rings is 1. The number of para-hydroxylation sites is 1. The van der Waals surface area contributed by atoms with Crippen molar-refractivity contribution in [3.8, 4) is 11.1 Å². The molecule has 2 saturated heterocycles. The summed E-state index contributed by atoms with van der Waals surface area (Å²) in [6.45, 7) is 0.235. The van der Waals surface area contributed by atoms with Crippen molar-refractivity contribution in [1.82, 2.24) is 40.2 Å². The van der Waals surface area contributed by atoms with Crippen LogP contribution in [-0.4, -0.2) is 81.4 Å². The Hall–Kier alpha value is -6.04. The minimum Gasteiger partial charge on any atom is -0.441 e. The van der Waals surface area contributed by atoms with Crippen LogP contribution in [0.2, 0.25) is 0 Å². The molecular weight excluding hydrogens is 898 g/mol. The highest BCUT2D eigenvalue weighted by molar-refractivity contribution is 7.92. The number of hydrogen-bond donors (Lipinski definition) is 3. The van der Waals surface area contributed by atoms with Gasteiger partial charge in [-0.25, -0.2) is 27.0 Å². The Kier molecular flexibility index (Phi) is 9.49. The summed E-state index contributed by atoms with van der Waals surface area (Å²) in [6, 6.07) is 8.01. The molecule has 1 spiro atoms. The van der Waals surface area contributed by atoms with Crippen LogP contribution in [0.25, 0.3) is 32.4 Å². The molecule has 336 valence electrons. The fraction of sp³-hybridized carbons (Fsp3) is 0.400. The molecule has 6 aromatic rings. The molecule has 2 amide bonds. The van der Waals surface area contributed by atoms with E-state index in [1.165, 1.54) is 16.0 Å². The molecule has 4 aliphatic rings. The van der Waals surface area contributed by atoms with Gasteiger partial charge in [-0.3, -0.25) is 18.9 Å². The Labute approximate surface area is 362 Å². The van der Waals surface area contributed by atoms with Crippen molar-refractivity contribution < 1.29 is 53.5 Å². The van der Waals surface area contributed by atoms with E-state index in [9.17, 15) is 40.0 Å². The maximum atomic E-state index is 15.5. The summed E-state index contributed by atoms with van der Waals surface area (Å²) < 4.78 is 138. The number of halogens is 7. The van der Waals surface area contributed by atoms with Crippen molar-refractivity contribution >= 4 is 65.6 Å². The van der Waals surface area contributed by atoms with E-state index in [-0.39, 0.29) is 35.6 Å². The third kappa shape index (κ3) is 7.32. The van der Waals surface area contributed by atoms with Crippen LogP contribution in [0.15, 0.2) is 42.5 Å². The summed E-state index contributed by atoms with van der Waals surface area (Å²) in [7, 11) is -2.23. The first-order chi connectivity index (χ1) is 30.2. The highest BCUT2D eigenvalue weighted by Crippen LogP contribution is 2.68. The van der Waals surface area contributed by atoms with Crippen LogP contribution >= 0.6 is 11.3 Å². The smallest absolute Gasteiger partial charge is 0.435 e. The number of nitrogens with zero attached hydrogens (tertiary/aromatic N) is 7. The fourth-order valence-corrected chi connectivity index (χ4v) is 10.8. The molecule has 3 atom stereocenters. The van der Waals surface area contributed by atoms with Crippen LogP contribution in [0.1, 0.15) is 59.4 Å². The van der Waals surface area contributed by atoms with E-state index < -0.39 is 92.7 Å². The number of benzene rings is 2. The van der Waals surface area contributed by atoms with Gasteiger partial charge in [-0.15, -0.1) is 0 Å². The van der Waals surface area contributed by atoms with Crippen molar-refractivity contribution in [3.63, 3.8) is 0 Å². The van der Waals surface area contributed by atoms with Gasteiger partial charge < -0.3 is 20.3 Å². The lowest BCUT2D eigenvalue weighted by atomic mass is 9.92. The molecule has 2 aliphatic carbocycles. The summed E-state index contributed by atoms with van der Waals surface area (Å²) in [5.41, 5.74) is -2.35. The molecule has 6 heterocycles. The van der Waals surface area contributed by atoms with Crippen LogP contribution in [0.3, 0.4) is 0 Å². The number of carbonyl (C=O) groups is 2. The monoisotopic (exact) mass is 932 g/mol. The zero-order valence-electron chi connectivity index (χ0n) is 33.6. The molecule has 24 heteroatoms. The highest BCUT2D eigenvalue weighted by atomic mass is 32.2. The van der Waals surface area contributed by atoms with E-state index in [1.807, 2.05) is 4.90 Å². The zero-order valence-corrected chi connectivity index (χ0v) is 35.2. The minimum absolute atomic E-state index is 0.00281. The number of aryl methyl sites for hydroxylation is 1. The lowest BCUT2D eigenvalue weighted by Crippen LogP contribution is -2.46. The molecule has 3 fully saturated rings. The Morgan fingerprint density at radius 3 is 2.47 bits per heavy atom. The number of anilines is 2. The van der Waals surface area contributed by atoms with Gasteiger partial charge >= 0.3 is 12.3 Å². The number of carbonyl (C=O) groups excluding carboxylic acids is 2. The largest absolute Gasteiger partial charge is 0.441 e. The van der Waals surface area contributed by atoms with Gasteiger partial charge in [0.2, 0.25) is 15.9 Å². The van der Waals surface area contributed by atoms with Crippen LogP contribution in [0.5, 0.6) is 0 Å². The number of nitrogens with one attached hydrogen (secondary N) is 3. The van der Waals surface area contributed by atoms with Gasteiger partial charge in [-0.05, 0) is 48.6 Å². The number of amides is 2. The van der Waals surface area contributed by atoms with Gasteiger partial charge in [0, 0.05) is 67.0 Å². The Balaban J connectivity index is 1.10. The van der Waals surface area contributed by atoms with Crippen molar-refractivity contribution in [2.45, 2.75) is 61.9 Å². The SMILES string of the molecule is Cn1nc(NS(C)(=O)=O)c2cccc(-c3cc4sc(N5CCC6(CC5)CNC(=O)O6)nc4nc3[C@H](Cc3cc(F)cc(F)c3)NC(=O)Cn3nc(C(F)(F)F)c4c3C(F)(F)[C@@H]3C[C@H]43)c21. The van der Waals surface area contributed by atoms with E-state index >= 15 is 8.78 Å². The van der Waals surface area contributed by atoms with Gasteiger partial charge in [0.15, 0.2) is 22.3 Å². The van der Waals surface area contributed by atoms with E-state index in [0.717, 1.165) is 18.4 Å². The molecule has 4 aromatic heterocycles. The fourth-order valence-electron chi connectivity index (χ4n) is 9.32. The van der Waals surface area contributed by atoms with Crippen molar-refractivity contribution in [2.75, 3.05) is 35.5 Å². The van der Waals surface area contributed by atoms with Crippen LogP contribution in [-0.2, 0) is 51.7 Å². The van der Waals surface area contributed by atoms with Crippen LogP contribution < -0.4 is 20.3 Å². The van der Waals surface area contributed by atoms with Crippen molar-refractivity contribution in [3.05, 3.63) is 82.3 Å². The quantitative estimate of drug-likeness (QED) is 0.129. The number of alkyl halides is 5. The predicted octanol–water partition coefficient (Wildman–Crippen LogP) is 6.50. The summed E-state index contributed by atoms with van der Waals surface area (Å²) in [6.07, 6.45) is -4.11. The van der Waals surface area contributed by atoms with Crippen LogP contribution in [0, 0.1) is 17.6 Å². The lowest BCUT2D eigenvalue weighted by Gasteiger charge is -2.36. The average Bonchev–Trinajstić information content (AvgIpc) is 3.42. The third-order valence-corrected chi connectivity index (χ3v) is 13.8. The molecule has 0 bridgehead atoms. The summed E-state index contributed by atoms with van der Waals surface area (Å²) in [4.78, 5) is 37.8. The molecule has 1 saturated carbocycles. The number of rotatable bonds is 10. The molecule has 2 aromatic carbocycles. The molecule has 3 N–H and O–H groups in total. The van der Waals surface area contributed by atoms with E-state index in [0.29, 0.717) is 75.1 Å². The van der Waals surface area contributed by atoms with Gasteiger partial charge in [-0.2, -0.15) is 37.1 Å². The standard InChI is InChI=1S/C40H35F7N10O5S2/c1-55-31-21(4-3-5-22(31)34(53-55)54-64(2,60)61)23-15-27-35(51-36(63-27)56-8-6-38(7-9-56)17-48-37(59)62-38)50-30(23)26(12-18-10-19(41)13-20(42)11-18)49-28(58)16-57-33-29(32(52-57)40(45,46)47)24-14-25(24)39(33,43)44/h3-5,10-11,13,15,24-26H,6-9,12,14,16-17H2,1-2H3,(H,48,59)(H,49,58)(H,53,54)/t24-,25+,26-/m0/s1. The summed E-state index contributed by atoms with van der Waals surface area (Å²) >= 11 is 1.28. The Morgan fingerprint density at radius 1 is 1.06 bits per heavy atom. The van der Waals surface area contributed by atoms with Gasteiger partial charge in [-0.1, -0.05) is 23.5 Å². The summed E-state index contributed by atoms with van der Waals surface area (Å²) in [5, 5.41) is 14.2. The molecule has 64 heavy (non-hydrogen) atoms. The predicted molar refractivity (Wildman–Crippen MR) is 217 cm³/mol. The van der Waals surface area contributed by atoms with E-state index in [1.54, 1.807) is 31.3 Å². The lowest BCUT2D eigenvalue weighted by molar-refractivity contribution is -0.142. The van der Waals surface area contributed by atoms with Gasteiger partial charge in [0.05, 0.1) is 34.8 Å². The molecule has 2 aliphatic heterocycles. The first-order valence-corrected chi connectivity index (χ1v) is 22.6. The number of thiazole rings is 1. The number of fused-ring (bicyclic) bond motifs is 5. The van der Waals surface area contributed by atoms with E-state index in [4.69, 9.17) is 14.7 Å². The molecule has 0 radical (unpaired) electrons. The maximum Gasteiger partial charge on any atom is 0.435 e. The average molecular weight is 933 g/mol. The zero-order chi connectivity index (χ0) is 45.2. The highest BCUT2D eigenvalue weighted by Gasteiger charge is 2.68. The molecule has 15 nitrogen and oxygen atoms in total. The molecule has 10 rings (SSSR count). The van der Waals surface area contributed by atoms with Gasteiger partial charge in [0.1, 0.15) is 29.5 Å². The third-order valence-electron chi connectivity index (χ3n) is 12.2. The first-order valence-electron chi connectivity index (χ1n) is 19.9. The molecular formula is C40H35F7N10O5S2. The first kappa shape index (κ1) is 41.9. The summed E-state index contributed by atoms with van der Waals surface area (Å²) in [5.74, 6) is -9.04. The number of hydrogen-bond acceptors (Lipinski definition) is 11. The second-order valence-corrected chi connectivity index (χ2v) is 19.4. The maximum absolute atomic E-state index is 15.5. The number of alkyl carbamates (subject to hydrolysis) is 1. The minimum atomic E-state index is -5.08. The number of piperidine rings is 1. The second kappa shape index (κ2) is 14.5. The van der Waals surface area contributed by atoms with Crippen molar-refractivity contribution in [2.24, 2.45) is 13.0 Å². The Morgan fingerprint density at radius 2 is 1.80 bits per heavy atom. The number of aromatic nitrogens is 6.